The van der Waals surface area contributed by atoms with Gasteiger partial charge >= 0.3 is 0 Å². The first-order chi connectivity index (χ1) is 12.1. The summed E-state index contributed by atoms with van der Waals surface area (Å²) >= 11 is 0. The topological polar surface area (TPSA) is 41.6 Å². The van der Waals surface area contributed by atoms with Crippen molar-refractivity contribution < 1.29 is 9.53 Å². The Hall–Kier alpha value is -3.27. The number of rotatable bonds is 5. The lowest BCUT2D eigenvalue weighted by atomic mass is 10.2. The highest BCUT2D eigenvalue weighted by Gasteiger charge is 2.07. The van der Waals surface area contributed by atoms with E-state index in [1.54, 1.807) is 24.3 Å². The fourth-order valence-corrected chi connectivity index (χ4v) is 2.36. The summed E-state index contributed by atoms with van der Waals surface area (Å²) in [5.41, 5.74) is 2.38. The minimum atomic E-state index is -0.151. The number of benzene rings is 3. The van der Waals surface area contributed by atoms with E-state index in [1.807, 2.05) is 73.6 Å². The molecule has 0 atom stereocenters. The third kappa shape index (κ3) is 4.38. The summed E-state index contributed by atoms with van der Waals surface area (Å²) in [7, 11) is 3.93. The van der Waals surface area contributed by atoms with Crippen molar-refractivity contribution in [2.45, 2.75) is 0 Å². The van der Waals surface area contributed by atoms with Crippen molar-refractivity contribution in [3.05, 3.63) is 84.4 Å². The first kappa shape index (κ1) is 16.6. The van der Waals surface area contributed by atoms with Crippen LogP contribution in [0.3, 0.4) is 0 Å². The molecule has 0 aromatic heterocycles. The molecular formula is C21H20N2O2. The van der Waals surface area contributed by atoms with Crippen molar-refractivity contribution in [1.82, 2.24) is 0 Å². The lowest BCUT2D eigenvalue weighted by Gasteiger charge is -2.14. The Labute approximate surface area is 147 Å². The molecule has 0 fully saturated rings. The van der Waals surface area contributed by atoms with Gasteiger partial charge in [-0.1, -0.05) is 24.3 Å². The Bertz CT molecular complexity index is 843. The van der Waals surface area contributed by atoms with Crippen LogP contribution in [0.1, 0.15) is 10.4 Å². The second-order valence-electron chi connectivity index (χ2n) is 5.84. The third-order valence-corrected chi connectivity index (χ3v) is 3.72. The highest BCUT2D eigenvalue weighted by atomic mass is 16.5. The number of carbonyl (C=O) groups excluding carboxylic acids is 1. The number of hydrogen-bond acceptors (Lipinski definition) is 3. The fraction of sp³-hybridized carbons (Fsp3) is 0.0952. The van der Waals surface area contributed by atoms with Crippen molar-refractivity contribution in [2.75, 3.05) is 24.3 Å². The van der Waals surface area contributed by atoms with Crippen LogP contribution in [0, 0.1) is 0 Å². The first-order valence-electron chi connectivity index (χ1n) is 8.03. The summed E-state index contributed by atoms with van der Waals surface area (Å²) in [5.74, 6) is 1.31. The molecular weight excluding hydrogens is 312 g/mol. The number of anilines is 2. The van der Waals surface area contributed by atoms with Gasteiger partial charge in [-0.05, 0) is 54.6 Å². The molecule has 25 heavy (non-hydrogen) atoms. The number of hydrogen-bond donors (Lipinski definition) is 1. The van der Waals surface area contributed by atoms with Crippen LogP contribution in [-0.4, -0.2) is 20.0 Å². The molecule has 126 valence electrons. The van der Waals surface area contributed by atoms with Gasteiger partial charge in [-0.25, -0.2) is 0 Å². The summed E-state index contributed by atoms with van der Waals surface area (Å²) in [6, 6.07) is 24.3. The predicted octanol–water partition coefficient (Wildman–Crippen LogP) is 4.80. The van der Waals surface area contributed by atoms with E-state index in [2.05, 4.69) is 5.32 Å². The van der Waals surface area contributed by atoms with Gasteiger partial charge in [0.15, 0.2) is 0 Å². The summed E-state index contributed by atoms with van der Waals surface area (Å²) in [4.78, 5) is 14.4. The van der Waals surface area contributed by atoms with E-state index in [0.717, 1.165) is 17.1 Å². The fourth-order valence-electron chi connectivity index (χ4n) is 2.36. The van der Waals surface area contributed by atoms with Gasteiger partial charge in [-0.15, -0.1) is 0 Å². The quantitative estimate of drug-likeness (QED) is 0.730. The van der Waals surface area contributed by atoms with Crippen LogP contribution < -0.4 is 15.0 Å². The van der Waals surface area contributed by atoms with E-state index in [1.165, 1.54) is 0 Å². The maximum Gasteiger partial charge on any atom is 0.255 e. The zero-order chi connectivity index (χ0) is 17.6. The molecule has 0 spiro atoms. The molecule has 0 aliphatic carbocycles. The molecule has 0 saturated heterocycles. The van der Waals surface area contributed by atoms with Crippen LogP contribution >= 0.6 is 0 Å². The Morgan fingerprint density at radius 1 is 0.840 bits per heavy atom. The van der Waals surface area contributed by atoms with E-state index in [-0.39, 0.29) is 5.91 Å². The number of para-hydroxylation sites is 1. The van der Waals surface area contributed by atoms with E-state index in [4.69, 9.17) is 4.74 Å². The normalized spacial score (nSPS) is 10.2. The average Bonchev–Trinajstić information content (AvgIpc) is 2.63. The van der Waals surface area contributed by atoms with Crippen molar-refractivity contribution in [3.8, 4) is 11.5 Å². The Morgan fingerprint density at radius 2 is 1.52 bits per heavy atom. The van der Waals surface area contributed by atoms with E-state index in [0.29, 0.717) is 11.3 Å². The van der Waals surface area contributed by atoms with E-state index >= 15 is 0 Å². The van der Waals surface area contributed by atoms with Crippen LogP contribution in [0.15, 0.2) is 78.9 Å². The van der Waals surface area contributed by atoms with Gasteiger partial charge in [-0.3, -0.25) is 4.79 Å². The smallest absolute Gasteiger partial charge is 0.255 e. The molecule has 3 aromatic carbocycles. The molecule has 0 bridgehead atoms. The molecule has 1 amide bonds. The number of carbonyl (C=O) groups is 1. The zero-order valence-corrected chi connectivity index (χ0v) is 14.3. The molecule has 1 N–H and O–H groups in total. The molecule has 0 aliphatic rings. The SMILES string of the molecule is CN(C)c1cccc(NC(=O)c2ccc(Oc3ccccc3)cc2)c1. The number of nitrogens with one attached hydrogen (secondary N) is 1. The largest absolute Gasteiger partial charge is 0.457 e. The van der Waals surface area contributed by atoms with Gasteiger partial charge in [-0.2, -0.15) is 0 Å². The van der Waals surface area contributed by atoms with E-state index in [9.17, 15) is 4.79 Å². The van der Waals surface area contributed by atoms with Gasteiger partial charge in [0.05, 0.1) is 0 Å². The van der Waals surface area contributed by atoms with E-state index < -0.39 is 0 Å². The highest BCUT2D eigenvalue weighted by molar-refractivity contribution is 6.04. The Kier molecular flexibility index (Phi) is 5.00. The summed E-state index contributed by atoms with van der Waals surface area (Å²) < 4.78 is 5.74. The summed E-state index contributed by atoms with van der Waals surface area (Å²) in [5, 5.41) is 2.92. The monoisotopic (exact) mass is 332 g/mol. The lowest BCUT2D eigenvalue weighted by Crippen LogP contribution is -2.13. The molecule has 0 heterocycles. The molecule has 0 aliphatic heterocycles. The summed E-state index contributed by atoms with van der Waals surface area (Å²) in [6.45, 7) is 0. The standard InChI is InChI=1S/C21H20N2O2/c1-23(2)18-8-6-7-17(15-18)22-21(24)16-11-13-20(14-12-16)25-19-9-4-3-5-10-19/h3-15H,1-2H3,(H,22,24). The second-order valence-corrected chi connectivity index (χ2v) is 5.84. The van der Waals surface area contributed by atoms with Crippen molar-refractivity contribution in [2.24, 2.45) is 0 Å². The number of ether oxygens (including phenoxy) is 1. The number of amides is 1. The summed E-state index contributed by atoms with van der Waals surface area (Å²) in [6.07, 6.45) is 0. The maximum absolute atomic E-state index is 12.4. The molecule has 0 saturated carbocycles. The van der Waals surface area contributed by atoms with Crippen molar-refractivity contribution in [3.63, 3.8) is 0 Å². The van der Waals surface area contributed by atoms with Gasteiger partial charge in [0, 0.05) is 31.0 Å². The molecule has 4 heteroatoms. The van der Waals surface area contributed by atoms with Crippen LogP contribution in [0.5, 0.6) is 11.5 Å². The minimum absolute atomic E-state index is 0.151. The van der Waals surface area contributed by atoms with Crippen LogP contribution in [0.2, 0.25) is 0 Å². The zero-order valence-electron chi connectivity index (χ0n) is 14.3. The third-order valence-electron chi connectivity index (χ3n) is 3.72. The van der Waals surface area contributed by atoms with Crippen LogP contribution in [-0.2, 0) is 0 Å². The van der Waals surface area contributed by atoms with Gasteiger partial charge in [0.1, 0.15) is 11.5 Å². The van der Waals surface area contributed by atoms with Crippen molar-refractivity contribution in [1.29, 1.82) is 0 Å². The number of nitrogens with zero attached hydrogens (tertiary/aromatic N) is 1. The molecule has 0 radical (unpaired) electrons. The molecule has 3 aromatic rings. The molecule has 4 nitrogen and oxygen atoms in total. The Balaban J connectivity index is 1.67. The van der Waals surface area contributed by atoms with Gasteiger partial charge in [0.25, 0.3) is 5.91 Å². The van der Waals surface area contributed by atoms with Crippen molar-refractivity contribution >= 4 is 17.3 Å². The minimum Gasteiger partial charge on any atom is -0.457 e. The highest BCUT2D eigenvalue weighted by Crippen LogP contribution is 2.22. The molecule has 0 unspecified atom stereocenters. The Morgan fingerprint density at radius 3 is 2.20 bits per heavy atom. The van der Waals surface area contributed by atoms with Crippen LogP contribution in [0.25, 0.3) is 0 Å². The van der Waals surface area contributed by atoms with Gasteiger partial charge in [0.2, 0.25) is 0 Å². The average molecular weight is 332 g/mol. The maximum atomic E-state index is 12.4. The molecule has 3 rings (SSSR count). The second kappa shape index (κ2) is 7.53. The predicted molar refractivity (Wildman–Crippen MR) is 102 cm³/mol. The lowest BCUT2D eigenvalue weighted by molar-refractivity contribution is 0.102. The first-order valence-corrected chi connectivity index (χ1v) is 8.03. The van der Waals surface area contributed by atoms with Gasteiger partial charge < -0.3 is 15.0 Å². The van der Waals surface area contributed by atoms with Crippen LogP contribution in [0.4, 0.5) is 11.4 Å².